The maximum absolute atomic E-state index is 11.9. The Labute approximate surface area is 121 Å². The minimum Gasteiger partial charge on any atom is -0.380 e. The van der Waals surface area contributed by atoms with Crippen LogP contribution >= 0.6 is 11.3 Å². The van der Waals surface area contributed by atoms with Crippen molar-refractivity contribution >= 4 is 27.5 Å². The lowest BCUT2D eigenvalue weighted by Gasteiger charge is -2.05. The van der Waals surface area contributed by atoms with Gasteiger partial charge in [-0.05, 0) is 31.9 Å². The Balaban J connectivity index is 2.00. The molecule has 1 fully saturated rings. The molecular formula is C15H18N2O2S. The molecular weight excluding hydrogens is 272 g/mol. The average Bonchev–Trinajstić information content (AvgIpc) is 3.24. The van der Waals surface area contributed by atoms with Crippen LogP contribution in [-0.2, 0) is 16.1 Å². The molecule has 1 amide bonds. The van der Waals surface area contributed by atoms with Crippen molar-refractivity contribution in [1.82, 2.24) is 4.57 Å². The van der Waals surface area contributed by atoms with E-state index in [4.69, 9.17) is 4.74 Å². The molecule has 1 aliphatic carbocycles. The second-order valence-electron chi connectivity index (χ2n) is 4.93. The molecule has 0 saturated heterocycles. The van der Waals surface area contributed by atoms with Gasteiger partial charge in [0.15, 0.2) is 4.80 Å². The second kappa shape index (κ2) is 5.89. The molecule has 1 aromatic carbocycles. The lowest BCUT2D eigenvalue weighted by atomic mass is 10.3. The van der Waals surface area contributed by atoms with Gasteiger partial charge in [-0.2, -0.15) is 4.99 Å². The summed E-state index contributed by atoms with van der Waals surface area (Å²) in [6, 6.07) is 8.16. The molecule has 20 heavy (non-hydrogen) atoms. The van der Waals surface area contributed by atoms with Crippen molar-refractivity contribution in [2.24, 2.45) is 10.9 Å². The van der Waals surface area contributed by atoms with Gasteiger partial charge in [0.25, 0.3) is 5.91 Å². The van der Waals surface area contributed by atoms with Crippen LogP contribution in [0.2, 0.25) is 0 Å². The maximum Gasteiger partial charge on any atom is 0.251 e. The summed E-state index contributed by atoms with van der Waals surface area (Å²) in [7, 11) is 0. The van der Waals surface area contributed by atoms with E-state index >= 15 is 0 Å². The summed E-state index contributed by atoms with van der Waals surface area (Å²) in [5.74, 6) is 0.197. The fourth-order valence-electron chi connectivity index (χ4n) is 2.14. The van der Waals surface area contributed by atoms with Gasteiger partial charge >= 0.3 is 0 Å². The van der Waals surface area contributed by atoms with E-state index in [9.17, 15) is 4.79 Å². The van der Waals surface area contributed by atoms with Gasteiger partial charge in [-0.1, -0.05) is 23.5 Å². The van der Waals surface area contributed by atoms with Crippen LogP contribution in [0.15, 0.2) is 29.3 Å². The number of hydrogen-bond donors (Lipinski definition) is 0. The molecule has 1 aromatic heterocycles. The van der Waals surface area contributed by atoms with Gasteiger partial charge in [-0.25, -0.2) is 0 Å². The van der Waals surface area contributed by atoms with Crippen molar-refractivity contribution in [1.29, 1.82) is 0 Å². The van der Waals surface area contributed by atoms with E-state index < -0.39 is 0 Å². The quantitative estimate of drug-likeness (QED) is 0.794. The Hall–Kier alpha value is -1.46. The van der Waals surface area contributed by atoms with Crippen molar-refractivity contribution in [2.75, 3.05) is 13.2 Å². The third kappa shape index (κ3) is 2.83. The fraction of sp³-hybridized carbons (Fsp3) is 0.467. The third-order valence-electron chi connectivity index (χ3n) is 3.38. The van der Waals surface area contributed by atoms with Gasteiger partial charge in [0.1, 0.15) is 0 Å². The van der Waals surface area contributed by atoms with E-state index in [1.807, 2.05) is 19.1 Å². The minimum absolute atomic E-state index is 0.0294. The van der Waals surface area contributed by atoms with Gasteiger partial charge in [-0.15, -0.1) is 0 Å². The zero-order valence-electron chi connectivity index (χ0n) is 11.5. The Morgan fingerprint density at radius 1 is 1.45 bits per heavy atom. The van der Waals surface area contributed by atoms with Gasteiger partial charge < -0.3 is 9.30 Å². The smallest absolute Gasteiger partial charge is 0.251 e. The Kier molecular flexibility index (Phi) is 3.98. The minimum atomic E-state index is 0.0294. The highest BCUT2D eigenvalue weighted by atomic mass is 32.1. The normalized spacial score (nSPS) is 15.9. The number of para-hydroxylation sites is 1. The topological polar surface area (TPSA) is 43.6 Å². The van der Waals surface area contributed by atoms with E-state index in [-0.39, 0.29) is 11.8 Å². The molecule has 1 heterocycles. The van der Waals surface area contributed by atoms with Crippen molar-refractivity contribution < 1.29 is 9.53 Å². The number of hydrogen-bond acceptors (Lipinski definition) is 3. The number of aromatic nitrogens is 1. The number of fused-ring (bicyclic) bond motifs is 1. The molecule has 0 atom stereocenters. The summed E-state index contributed by atoms with van der Waals surface area (Å²) in [4.78, 5) is 17.0. The molecule has 106 valence electrons. The lowest BCUT2D eigenvalue weighted by molar-refractivity contribution is -0.119. The first-order valence-electron chi connectivity index (χ1n) is 7.04. The average molecular weight is 290 g/mol. The SMILES string of the molecule is CCOCCn1c(=NC(=O)C2CC2)sc2ccccc21. The first-order chi connectivity index (χ1) is 9.79. The molecule has 4 nitrogen and oxygen atoms in total. The van der Waals surface area contributed by atoms with Gasteiger partial charge in [0.2, 0.25) is 0 Å². The number of thiazole rings is 1. The summed E-state index contributed by atoms with van der Waals surface area (Å²) >= 11 is 1.58. The van der Waals surface area contributed by atoms with Crippen molar-refractivity contribution in [3.63, 3.8) is 0 Å². The van der Waals surface area contributed by atoms with E-state index in [1.54, 1.807) is 11.3 Å². The number of carbonyl (C=O) groups is 1. The van der Waals surface area contributed by atoms with Crippen molar-refractivity contribution in [2.45, 2.75) is 26.3 Å². The van der Waals surface area contributed by atoms with Crippen LogP contribution in [0.1, 0.15) is 19.8 Å². The summed E-state index contributed by atoms with van der Waals surface area (Å²) in [6.07, 6.45) is 1.98. The highest BCUT2D eigenvalue weighted by Gasteiger charge is 2.29. The van der Waals surface area contributed by atoms with Crippen LogP contribution in [0, 0.1) is 5.92 Å². The molecule has 0 spiro atoms. The van der Waals surface area contributed by atoms with Crippen LogP contribution in [0.3, 0.4) is 0 Å². The van der Waals surface area contributed by atoms with Gasteiger partial charge in [0, 0.05) is 19.1 Å². The third-order valence-corrected chi connectivity index (χ3v) is 4.44. The monoisotopic (exact) mass is 290 g/mol. The maximum atomic E-state index is 11.9. The number of benzene rings is 1. The molecule has 0 N–H and O–H groups in total. The summed E-state index contributed by atoms with van der Waals surface area (Å²) in [6.45, 7) is 4.06. The van der Waals surface area contributed by atoms with Crippen molar-refractivity contribution in [3.05, 3.63) is 29.1 Å². The van der Waals surface area contributed by atoms with E-state index in [0.29, 0.717) is 13.2 Å². The van der Waals surface area contributed by atoms with E-state index in [2.05, 4.69) is 21.7 Å². The van der Waals surface area contributed by atoms with E-state index in [1.165, 1.54) is 0 Å². The molecule has 1 saturated carbocycles. The molecule has 1 aliphatic rings. The first-order valence-corrected chi connectivity index (χ1v) is 7.86. The van der Waals surface area contributed by atoms with Crippen LogP contribution in [0.5, 0.6) is 0 Å². The van der Waals surface area contributed by atoms with Crippen LogP contribution < -0.4 is 4.80 Å². The number of amides is 1. The van der Waals surface area contributed by atoms with Crippen LogP contribution in [0.25, 0.3) is 10.2 Å². The molecule has 2 aromatic rings. The second-order valence-corrected chi connectivity index (χ2v) is 5.93. The lowest BCUT2D eigenvalue weighted by Crippen LogP contribution is -2.20. The molecule has 0 radical (unpaired) electrons. The summed E-state index contributed by atoms with van der Waals surface area (Å²) in [5, 5.41) is 0. The van der Waals surface area contributed by atoms with Gasteiger partial charge in [-0.3, -0.25) is 4.79 Å². The fourth-order valence-corrected chi connectivity index (χ4v) is 3.20. The molecule has 0 bridgehead atoms. The van der Waals surface area contributed by atoms with Crippen LogP contribution in [0.4, 0.5) is 0 Å². The highest BCUT2D eigenvalue weighted by Crippen LogP contribution is 2.30. The first kappa shape index (κ1) is 13.5. The molecule has 0 aliphatic heterocycles. The number of ether oxygens (including phenoxy) is 1. The Morgan fingerprint density at radius 3 is 3.00 bits per heavy atom. The standard InChI is InChI=1S/C15H18N2O2S/c1-2-19-10-9-17-12-5-3-4-6-13(12)20-15(17)16-14(18)11-7-8-11/h3-6,11H,2,7-10H2,1H3. The number of nitrogens with zero attached hydrogens (tertiary/aromatic N) is 2. The molecule has 0 unspecified atom stereocenters. The highest BCUT2D eigenvalue weighted by molar-refractivity contribution is 7.16. The largest absolute Gasteiger partial charge is 0.380 e. The van der Waals surface area contributed by atoms with Crippen LogP contribution in [-0.4, -0.2) is 23.7 Å². The Morgan fingerprint density at radius 2 is 2.25 bits per heavy atom. The van der Waals surface area contributed by atoms with Crippen molar-refractivity contribution in [3.8, 4) is 0 Å². The summed E-state index contributed by atoms with van der Waals surface area (Å²) in [5.41, 5.74) is 1.12. The predicted octanol–water partition coefficient (Wildman–Crippen LogP) is 2.58. The predicted molar refractivity (Wildman–Crippen MR) is 79.6 cm³/mol. The Bertz CT molecular complexity index is 682. The van der Waals surface area contributed by atoms with Gasteiger partial charge in [0.05, 0.1) is 16.8 Å². The molecule has 5 heteroatoms. The molecule has 3 rings (SSSR count). The number of rotatable bonds is 5. The summed E-state index contributed by atoms with van der Waals surface area (Å²) < 4.78 is 8.68. The number of carbonyl (C=O) groups excluding carboxylic acids is 1. The van der Waals surface area contributed by atoms with E-state index in [0.717, 1.165) is 34.4 Å². The zero-order valence-corrected chi connectivity index (χ0v) is 12.4. The zero-order chi connectivity index (χ0) is 13.9.